The highest BCUT2D eigenvalue weighted by atomic mass is 15.5. The van der Waals surface area contributed by atoms with Crippen molar-refractivity contribution >= 4 is 6.21 Å². The molecule has 9 nitrogen and oxygen atoms in total. The molecular weight excluding hydrogens is 390 g/mol. The van der Waals surface area contributed by atoms with Gasteiger partial charge in [-0.2, -0.15) is 20.0 Å². The molecule has 0 unspecified atom stereocenters. The number of rotatable bonds is 5. The Hall–Kier alpha value is -4.40. The summed E-state index contributed by atoms with van der Waals surface area (Å²) in [7, 11) is 0. The van der Waals surface area contributed by atoms with Gasteiger partial charge in [0.1, 0.15) is 12.0 Å². The molecule has 0 bridgehead atoms. The van der Waals surface area contributed by atoms with Crippen LogP contribution in [0.3, 0.4) is 0 Å². The van der Waals surface area contributed by atoms with E-state index in [0.29, 0.717) is 5.95 Å². The van der Waals surface area contributed by atoms with Gasteiger partial charge in [-0.3, -0.25) is 4.98 Å². The molecule has 0 fully saturated rings. The van der Waals surface area contributed by atoms with E-state index in [0.717, 1.165) is 33.9 Å². The second-order valence-corrected chi connectivity index (χ2v) is 7.01. The van der Waals surface area contributed by atoms with Crippen molar-refractivity contribution < 1.29 is 0 Å². The van der Waals surface area contributed by atoms with Crippen molar-refractivity contribution in [3.8, 4) is 22.9 Å². The molecule has 4 heterocycles. The second kappa shape index (κ2) is 7.79. The first kappa shape index (κ1) is 18.6. The third-order valence-corrected chi connectivity index (χ3v) is 4.73. The molecule has 0 N–H and O–H groups in total. The van der Waals surface area contributed by atoms with Crippen LogP contribution in [0.5, 0.6) is 0 Å². The van der Waals surface area contributed by atoms with Crippen molar-refractivity contribution in [2.75, 3.05) is 0 Å². The van der Waals surface area contributed by atoms with E-state index >= 15 is 0 Å². The van der Waals surface area contributed by atoms with Crippen LogP contribution in [0.15, 0.2) is 78.6 Å². The van der Waals surface area contributed by atoms with E-state index in [4.69, 9.17) is 5.10 Å². The Bertz CT molecular complexity index is 1340. The molecule has 1 aromatic carbocycles. The van der Waals surface area contributed by atoms with Gasteiger partial charge in [0.05, 0.1) is 17.6 Å². The lowest BCUT2D eigenvalue weighted by Gasteiger charge is -2.02. The van der Waals surface area contributed by atoms with Gasteiger partial charge in [-0.05, 0) is 44.2 Å². The first-order chi connectivity index (χ1) is 15.2. The minimum Gasteiger partial charge on any atom is -0.264 e. The Balaban J connectivity index is 1.57. The maximum absolute atomic E-state index is 4.78. The Morgan fingerprint density at radius 3 is 2.61 bits per heavy atom. The van der Waals surface area contributed by atoms with Crippen molar-refractivity contribution in [1.29, 1.82) is 0 Å². The lowest BCUT2D eigenvalue weighted by molar-refractivity contribution is 0.717. The molecular formula is C22H19N9. The van der Waals surface area contributed by atoms with E-state index in [9.17, 15) is 0 Å². The van der Waals surface area contributed by atoms with Crippen molar-refractivity contribution in [3.63, 3.8) is 0 Å². The summed E-state index contributed by atoms with van der Waals surface area (Å²) in [5.41, 5.74) is 5.33. The van der Waals surface area contributed by atoms with Gasteiger partial charge in [-0.1, -0.05) is 18.2 Å². The number of aromatic nitrogens is 8. The highest BCUT2D eigenvalue weighted by Gasteiger charge is 2.13. The summed E-state index contributed by atoms with van der Waals surface area (Å²) in [5, 5.41) is 22.0. The fourth-order valence-corrected chi connectivity index (χ4v) is 3.32. The molecule has 0 amide bonds. The van der Waals surface area contributed by atoms with Crippen LogP contribution in [0.1, 0.15) is 17.0 Å². The lowest BCUT2D eigenvalue weighted by Crippen LogP contribution is -2.06. The Morgan fingerprint density at radius 2 is 1.87 bits per heavy atom. The summed E-state index contributed by atoms with van der Waals surface area (Å²) in [5.74, 6) is 0.514. The topological polar surface area (TPSA) is 91.6 Å². The first-order valence-corrected chi connectivity index (χ1v) is 9.72. The van der Waals surface area contributed by atoms with Gasteiger partial charge in [0.25, 0.3) is 5.95 Å². The zero-order valence-corrected chi connectivity index (χ0v) is 17.0. The summed E-state index contributed by atoms with van der Waals surface area (Å²) in [6.07, 6.45) is 8.76. The van der Waals surface area contributed by atoms with E-state index in [-0.39, 0.29) is 0 Å². The third-order valence-electron chi connectivity index (χ3n) is 4.73. The van der Waals surface area contributed by atoms with E-state index < -0.39 is 0 Å². The largest absolute Gasteiger partial charge is 0.273 e. The SMILES string of the molecule is Cc1cc(C)n(-c2nncn2/N=C\c2cn(-c3ccccc3)nc2-c2cccnc2)n1. The van der Waals surface area contributed by atoms with Crippen LogP contribution >= 0.6 is 0 Å². The van der Waals surface area contributed by atoms with Crippen LogP contribution < -0.4 is 0 Å². The molecule has 0 radical (unpaired) electrons. The van der Waals surface area contributed by atoms with Gasteiger partial charge in [-0.25, -0.2) is 9.36 Å². The van der Waals surface area contributed by atoms with Crippen LogP contribution in [-0.4, -0.2) is 45.6 Å². The highest BCUT2D eigenvalue weighted by molar-refractivity contribution is 5.88. The lowest BCUT2D eigenvalue weighted by atomic mass is 10.1. The highest BCUT2D eigenvalue weighted by Crippen LogP contribution is 2.22. The zero-order chi connectivity index (χ0) is 21.2. The van der Waals surface area contributed by atoms with Gasteiger partial charge in [0, 0.05) is 35.4 Å². The molecule has 0 aliphatic heterocycles. The van der Waals surface area contributed by atoms with Crippen molar-refractivity contribution in [3.05, 3.63) is 90.4 Å². The van der Waals surface area contributed by atoms with Crippen LogP contribution in [0.25, 0.3) is 22.9 Å². The summed E-state index contributed by atoms with van der Waals surface area (Å²) in [6, 6.07) is 15.8. The Kier molecular flexibility index (Phi) is 4.68. The maximum atomic E-state index is 4.78. The predicted octanol–water partition coefficient (Wildman–Crippen LogP) is 3.21. The average Bonchev–Trinajstić information content (AvgIpc) is 3.51. The van der Waals surface area contributed by atoms with Crippen LogP contribution in [0, 0.1) is 13.8 Å². The summed E-state index contributed by atoms with van der Waals surface area (Å²) < 4.78 is 5.14. The van der Waals surface area contributed by atoms with Gasteiger partial charge >= 0.3 is 0 Å². The number of hydrogen-bond donors (Lipinski definition) is 0. The van der Waals surface area contributed by atoms with Crippen LogP contribution in [0.4, 0.5) is 0 Å². The molecule has 0 spiro atoms. The van der Waals surface area contributed by atoms with Crippen LogP contribution in [-0.2, 0) is 0 Å². The molecule has 5 aromatic rings. The number of nitrogens with zero attached hydrogens (tertiary/aromatic N) is 9. The van der Waals surface area contributed by atoms with Crippen molar-refractivity contribution in [2.24, 2.45) is 5.10 Å². The monoisotopic (exact) mass is 409 g/mol. The molecule has 0 aliphatic rings. The van der Waals surface area contributed by atoms with E-state index in [1.165, 1.54) is 0 Å². The Labute approximate surface area is 178 Å². The molecule has 0 saturated carbocycles. The Morgan fingerprint density at radius 1 is 1.00 bits per heavy atom. The van der Waals surface area contributed by atoms with Gasteiger partial charge in [-0.15, -0.1) is 10.2 Å². The second-order valence-electron chi connectivity index (χ2n) is 7.01. The number of aryl methyl sites for hydroxylation is 2. The van der Waals surface area contributed by atoms with E-state index in [2.05, 4.69) is 25.4 Å². The molecule has 152 valence electrons. The summed E-state index contributed by atoms with van der Waals surface area (Å²) >= 11 is 0. The molecule has 0 saturated heterocycles. The van der Waals surface area contributed by atoms with E-state index in [1.54, 1.807) is 34.3 Å². The van der Waals surface area contributed by atoms with Crippen molar-refractivity contribution in [1.82, 2.24) is 39.4 Å². The van der Waals surface area contributed by atoms with Crippen LogP contribution in [0.2, 0.25) is 0 Å². The minimum absolute atomic E-state index is 0.514. The average molecular weight is 409 g/mol. The van der Waals surface area contributed by atoms with Gasteiger partial charge < -0.3 is 0 Å². The smallest absolute Gasteiger partial charge is 0.264 e. The summed E-state index contributed by atoms with van der Waals surface area (Å²) in [4.78, 5) is 4.23. The fourth-order valence-electron chi connectivity index (χ4n) is 3.32. The zero-order valence-electron chi connectivity index (χ0n) is 17.0. The minimum atomic E-state index is 0.514. The van der Waals surface area contributed by atoms with Gasteiger partial charge in [0.15, 0.2) is 0 Å². The first-order valence-electron chi connectivity index (χ1n) is 9.72. The number of para-hydroxylation sites is 1. The number of benzene rings is 1. The summed E-state index contributed by atoms with van der Waals surface area (Å²) in [6.45, 7) is 3.90. The number of pyridine rings is 1. The van der Waals surface area contributed by atoms with Crippen molar-refractivity contribution in [2.45, 2.75) is 13.8 Å². The van der Waals surface area contributed by atoms with Gasteiger partial charge in [0.2, 0.25) is 0 Å². The maximum Gasteiger partial charge on any atom is 0.273 e. The standard InChI is InChI=1S/C22H19N9/c1-16-11-17(2)31(27-16)22-26-24-15-30(22)25-13-19-14-29(20-8-4-3-5-9-20)28-21(19)18-7-6-10-23-12-18/h3-15H,1-2H3/b25-13-. The number of hydrogen-bond acceptors (Lipinski definition) is 6. The predicted molar refractivity (Wildman–Crippen MR) is 116 cm³/mol. The molecule has 31 heavy (non-hydrogen) atoms. The molecule has 9 heteroatoms. The molecule has 0 aliphatic carbocycles. The van der Waals surface area contributed by atoms with E-state index in [1.807, 2.05) is 73.3 Å². The molecule has 4 aromatic heterocycles. The normalized spacial score (nSPS) is 11.4. The quantitative estimate of drug-likeness (QED) is 0.416. The third kappa shape index (κ3) is 3.64. The fraction of sp³-hybridized carbons (Fsp3) is 0.0909. The molecule has 0 atom stereocenters. The molecule has 5 rings (SSSR count).